The van der Waals surface area contributed by atoms with Crippen LogP contribution in [0.3, 0.4) is 0 Å². The molecule has 0 radical (unpaired) electrons. The molecule has 0 aliphatic carbocycles. The Balaban J connectivity index is 3.25. The lowest BCUT2D eigenvalue weighted by molar-refractivity contribution is -0.150. The van der Waals surface area contributed by atoms with E-state index < -0.39 is 36.5 Å². The number of carbonyl (C=O) groups is 1. The molecule has 11 atom stereocenters. The zero-order valence-electron chi connectivity index (χ0n) is 27.4. The minimum Gasteiger partial charge on any atom is -0.458 e. The first-order valence-electron chi connectivity index (χ1n) is 16.2. The van der Waals surface area contributed by atoms with Crippen LogP contribution in [0.15, 0.2) is 66.4 Å². The van der Waals surface area contributed by atoms with Gasteiger partial charge in [-0.3, -0.25) is 0 Å². The highest BCUT2D eigenvalue weighted by Gasteiger charge is 2.31. The Labute approximate surface area is 264 Å². The number of esters is 1. The van der Waals surface area contributed by atoms with Crippen LogP contribution in [0, 0.1) is 35.5 Å². The van der Waals surface area contributed by atoms with Crippen LogP contribution in [0.25, 0.3) is 10.4 Å². The summed E-state index contributed by atoms with van der Waals surface area (Å²) in [6.07, 6.45) is 15.9. The van der Waals surface area contributed by atoms with E-state index in [1.54, 1.807) is 36.5 Å². The number of cyclic esters (lactones) is 1. The largest absolute Gasteiger partial charge is 0.458 e. The summed E-state index contributed by atoms with van der Waals surface area (Å²) >= 11 is 0. The van der Waals surface area contributed by atoms with Gasteiger partial charge in [0.15, 0.2) is 0 Å². The second-order valence-corrected chi connectivity index (χ2v) is 12.7. The van der Waals surface area contributed by atoms with Gasteiger partial charge in [-0.05, 0) is 49.5 Å². The summed E-state index contributed by atoms with van der Waals surface area (Å²) in [4.78, 5) is 15.5. The topological polar surface area (TPSA) is 156 Å². The number of allylic oxidation sites excluding steroid dienone is 4. The van der Waals surface area contributed by atoms with Crippen molar-refractivity contribution in [3.63, 3.8) is 0 Å². The van der Waals surface area contributed by atoms with E-state index in [1.165, 1.54) is 6.08 Å². The summed E-state index contributed by atoms with van der Waals surface area (Å²) in [5, 5.41) is 47.4. The van der Waals surface area contributed by atoms with E-state index >= 15 is 0 Å². The number of hydrogen-bond donors (Lipinski definition) is 4. The number of rotatable bonds is 8. The Morgan fingerprint density at radius 3 is 2.45 bits per heavy atom. The van der Waals surface area contributed by atoms with Crippen molar-refractivity contribution in [2.75, 3.05) is 6.54 Å². The molecule has 0 saturated carbocycles. The quantitative estimate of drug-likeness (QED) is 0.0458. The molecule has 248 valence electrons. The molecule has 9 nitrogen and oxygen atoms in total. The number of azide groups is 1. The monoisotopic (exact) mass is 615 g/mol. The normalized spacial score (nSPS) is 36.5. The van der Waals surface area contributed by atoms with Crippen LogP contribution in [-0.2, 0) is 9.53 Å². The van der Waals surface area contributed by atoms with Crippen molar-refractivity contribution in [3.8, 4) is 0 Å². The summed E-state index contributed by atoms with van der Waals surface area (Å²) in [6, 6.07) is 0. The van der Waals surface area contributed by atoms with Gasteiger partial charge in [0.2, 0.25) is 0 Å². The lowest BCUT2D eigenvalue weighted by Gasteiger charge is -2.32. The van der Waals surface area contributed by atoms with Gasteiger partial charge in [0, 0.05) is 47.6 Å². The van der Waals surface area contributed by atoms with Crippen molar-refractivity contribution < 1.29 is 30.0 Å². The molecule has 9 heteroatoms. The van der Waals surface area contributed by atoms with Gasteiger partial charge in [0.1, 0.15) is 6.10 Å². The molecular weight excluding hydrogens is 558 g/mol. The van der Waals surface area contributed by atoms with Gasteiger partial charge in [-0.1, -0.05) is 101 Å². The Morgan fingerprint density at radius 1 is 1.05 bits per heavy atom. The fourth-order valence-electron chi connectivity index (χ4n) is 5.78. The highest BCUT2D eigenvalue weighted by atomic mass is 16.5. The van der Waals surface area contributed by atoms with Crippen molar-refractivity contribution in [3.05, 3.63) is 71.7 Å². The fourth-order valence-corrected chi connectivity index (χ4v) is 5.78. The van der Waals surface area contributed by atoms with Crippen molar-refractivity contribution in [1.82, 2.24) is 0 Å². The molecular formula is C35H57N3O6. The van der Waals surface area contributed by atoms with Crippen LogP contribution < -0.4 is 0 Å². The standard InChI is InChI=1S/C35H57N3O6/c1-7-8-13-26(4)35-28(6)31(40)20-17-24(2)22-27(5)34(43)29(15-11-12-21-37-38-36)18-19-30(39)23-32(41)25(3)14-9-10-16-33(42)44-35/h7-10,13-14,16,18-19,24-32,34-35,39-41,43H,1,11-12,15,17,20-23H2,2-6H3/b13-8-,14-9+,16-10-,19-18-/t24-,25+,26-,27-,28-,29?,30+,31+,32-,34+,35-/m0/s1. The minimum atomic E-state index is -0.895. The fraction of sp³-hybridized carbons (Fsp3) is 0.686. The average molecular weight is 616 g/mol. The molecule has 0 aromatic rings. The highest BCUT2D eigenvalue weighted by Crippen LogP contribution is 2.30. The highest BCUT2D eigenvalue weighted by molar-refractivity contribution is 5.82. The first kappa shape index (κ1) is 39.3. The van der Waals surface area contributed by atoms with Crippen LogP contribution in [0.1, 0.15) is 79.6 Å². The van der Waals surface area contributed by atoms with Gasteiger partial charge >= 0.3 is 5.97 Å². The maximum atomic E-state index is 12.7. The molecule has 0 fully saturated rings. The summed E-state index contributed by atoms with van der Waals surface area (Å²) in [7, 11) is 0. The van der Waals surface area contributed by atoms with E-state index in [1.807, 2.05) is 39.8 Å². The predicted molar refractivity (Wildman–Crippen MR) is 176 cm³/mol. The summed E-state index contributed by atoms with van der Waals surface area (Å²) in [6.45, 7) is 13.9. The Bertz CT molecular complexity index is 1000. The first-order valence-corrected chi connectivity index (χ1v) is 16.2. The van der Waals surface area contributed by atoms with Gasteiger partial charge in [-0.15, -0.1) is 0 Å². The molecule has 0 amide bonds. The van der Waals surface area contributed by atoms with E-state index in [0.717, 1.165) is 19.3 Å². The molecule has 1 rings (SSSR count). The second kappa shape index (κ2) is 21.9. The van der Waals surface area contributed by atoms with Crippen molar-refractivity contribution in [1.29, 1.82) is 0 Å². The summed E-state index contributed by atoms with van der Waals surface area (Å²) < 4.78 is 5.84. The maximum absolute atomic E-state index is 12.7. The van der Waals surface area contributed by atoms with Crippen molar-refractivity contribution in [2.45, 2.75) is 110 Å². The van der Waals surface area contributed by atoms with Crippen LogP contribution in [0.5, 0.6) is 0 Å². The van der Waals surface area contributed by atoms with Gasteiger partial charge in [0.05, 0.1) is 24.4 Å². The number of aliphatic hydroxyl groups is 4. The Hall–Kier alpha value is -2.68. The number of aliphatic hydroxyl groups excluding tert-OH is 4. The van der Waals surface area contributed by atoms with E-state index in [4.69, 9.17) is 10.3 Å². The average Bonchev–Trinajstić information content (AvgIpc) is 2.99. The van der Waals surface area contributed by atoms with Gasteiger partial charge in [0.25, 0.3) is 0 Å². The summed E-state index contributed by atoms with van der Waals surface area (Å²) in [5.41, 5.74) is 8.55. The van der Waals surface area contributed by atoms with Crippen LogP contribution in [-0.4, -0.2) is 63.5 Å². The zero-order valence-corrected chi connectivity index (χ0v) is 27.4. The number of hydrogen-bond acceptors (Lipinski definition) is 7. The third-order valence-corrected chi connectivity index (χ3v) is 8.73. The molecule has 0 aromatic heterocycles. The molecule has 0 spiro atoms. The van der Waals surface area contributed by atoms with Crippen molar-refractivity contribution >= 4 is 5.97 Å². The number of unbranched alkanes of at least 4 members (excludes halogenated alkanes) is 1. The third-order valence-electron chi connectivity index (χ3n) is 8.73. The minimum absolute atomic E-state index is 0.0401. The van der Waals surface area contributed by atoms with Crippen LogP contribution in [0.4, 0.5) is 0 Å². The molecule has 44 heavy (non-hydrogen) atoms. The van der Waals surface area contributed by atoms with E-state index in [0.29, 0.717) is 25.8 Å². The van der Waals surface area contributed by atoms with Crippen LogP contribution >= 0.6 is 0 Å². The van der Waals surface area contributed by atoms with Gasteiger partial charge in [-0.2, -0.15) is 0 Å². The smallest absolute Gasteiger partial charge is 0.331 e. The van der Waals surface area contributed by atoms with Crippen LogP contribution in [0.2, 0.25) is 0 Å². The van der Waals surface area contributed by atoms with Gasteiger partial charge in [-0.25, -0.2) is 4.79 Å². The molecule has 0 aromatic carbocycles. The Morgan fingerprint density at radius 2 is 1.77 bits per heavy atom. The Kier molecular flexibility index (Phi) is 19.6. The lowest BCUT2D eigenvalue weighted by atomic mass is 9.81. The van der Waals surface area contributed by atoms with E-state index in [2.05, 4.69) is 23.5 Å². The molecule has 1 aliphatic heterocycles. The number of nitrogens with zero attached hydrogens (tertiary/aromatic N) is 3. The van der Waals surface area contributed by atoms with Crippen molar-refractivity contribution in [2.24, 2.45) is 40.6 Å². The molecule has 1 heterocycles. The molecule has 1 unspecified atom stereocenters. The van der Waals surface area contributed by atoms with Gasteiger partial charge < -0.3 is 25.2 Å². The van der Waals surface area contributed by atoms with E-state index in [-0.39, 0.29) is 41.9 Å². The summed E-state index contributed by atoms with van der Waals surface area (Å²) in [5.74, 6) is -1.29. The second-order valence-electron chi connectivity index (χ2n) is 12.7. The molecule has 4 N–H and O–H groups in total. The van der Waals surface area contributed by atoms with E-state index in [9.17, 15) is 25.2 Å². The molecule has 0 saturated heterocycles. The lowest BCUT2D eigenvalue weighted by Crippen LogP contribution is -2.37. The number of ether oxygens (including phenoxy) is 1. The predicted octanol–water partition coefficient (Wildman–Crippen LogP) is 6.60. The zero-order chi connectivity index (χ0) is 33.1. The maximum Gasteiger partial charge on any atom is 0.331 e. The molecule has 0 bridgehead atoms. The third kappa shape index (κ3) is 15.4. The SMILES string of the molecule is C=C/C=C\[C@H](C)[C@@H]1OC(=O)/C=C\C=C\[C@@H](C)[C@@H](O)C[C@H](O)/C=C\C(CCCCN=[N+]=[N-])[C@H](O)[C@@H](C)C[C@@H](C)CC[C@@H](O)[C@@H]1C. The first-order chi connectivity index (χ1) is 20.9. The number of carbonyl (C=O) groups excluding carboxylic acids is 1. The molecule has 1 aliphatic rings.